The summed E-state index contributed by atoms with van der Waals surface area (Å²) >= 11 is 1.50. The molecule has 108 valence electrons. The molecule has 0 bridgehead atoms. The Morgan fingerprint density at radius 3 is 3.00 bits per heavy atom. The van der Waals surface area contributed by atoms with Gasteiger partial charge in [-0.2, -0.15) is 0 Å². The first-order valence-electron chi connectivity index (χ1n) is 6.40. The molecule has 0 N–H and O–H groups in total. The average Bonchev–Trinajstić information content (AvgIpc) is 2.80. The molecule has 0 aromatic heterocycles. The Balaban J connectivity index is 2.16. The molecule has 3 atom stereocenters. The zero-order valence-electron chi connectivity index (χ0n) is 10.9. The first-order valence-corrected chi connectivity index (χ1v) is 7.38. The highest BCUT2D eigenvalue weighted by Crippen LogP contribution is 2.48. The van der Waals surface area contributed by atoms with Crippen molar-refractivity contribution in [2.24, 2.45) is 10.9 Å². The van der Waals surface area contributed by atoms with Crippen LogP contribution in [0.2, 0.25) is 0 Å². The number of rotatable bonds is 2. The molecule has 0 radical (unpaired) electrons. The number of benzene rings is 1. The number of hydrogen-bond donors (Lipinski definition) is 0. The predicted molar refractivity (Wildman–Crippen MR) is 72.8 cm³/mol. The molecule has 1 aromatic rings. The molecule has 1 saturated heterocycles. The van der Waals surface area contributed by atoms with E-state index in [1.807, 2.05) is 6.92 Å². The van der Waals surface area contributed by atoms with Gasteiger partial charge in [-0.1, -0.05) is 12.1 Å². The Kier molecular flexibility index (Phi) is 3.54. The highest BCUT2D eigenvalue weighted by molar-refractivity contribution is 8.13. The van der Waals surface area contributed by atoms with Gasteiger partial charge in [0.25, 0.3) is 0 Å². The fourth-order valence-electron chi connectivity index (χ4n) is 2.98. The summed E-state index contributed by atoms with van der Waals surface area (Å²) in [6.07, 6.45) is -0.609. The van der Waals surface area contributed by atoms with E-state index < -0.39 is 30.0 Å². The summed E-state index contributed by atoms with van der Waals surface area (Å²) in [6, 6.07) is 4.04. The van der Waals surface area contributed by atoms with E-state index in [1.54, 1.807) is 0 Å². The van der Waals surface area contributed by atoms with Gasteiger partial charge < -0.3 is 4.74 Å². The standard InChI is InChI=1S/C14H14F3NOS/c1-8-18-14(9-3-2-4-11(16)13(9)17)7-19-12(5-15)10(14)6-20-8/h2-4,10,12H,5-7H2,1H3/t10-,12-,14?/m1/s1. The number of fused-ring (bicyclic) bond motifs is 1. The first kappa shape index (κ1) is 13.9. The van der Waals surface area contributed by atoms with Crippen molar-refractivity contribution in [2.75, 3.05) is 19.0 Å². The van der Waals surface area contributed by atoms with Crippen LogP contribution in [0.25, 0.3) is 0 Å². The zero-order valence-corrected chi connectivity index (χ0v) is 11.7. The van der Waals surface area contributed by atoms with Gasteiger partial charge >= 0.3 is 0 Å². The van der Waals surface area contributed by atoms with Crippen LogP contribution < -0.4 is 0 Å². The number of halogens is 3. The van der Waals surface area contributed by atoms with Crippen molar-refractivity contribution in [1.29, 1.82) is 0 Å². The summed E-state index contributed by atoms with van der Waals surface area (Å²) in [4.78, 5) is 4.53. The lowest BCUT2D eigenvalue weighted by Gasteiger charge is -2.35. The molecule has 3 rings (SSSR count). The summed E-state index contributed by atoms with van der Waals surface area (Å²) in [5.74, 6) is -1.51. The van der Waals surface area contributed by atoms with Gasteiger partial charge in [0.15, 0.2) is 11.6 Å². The molecule has 2 nitrogen and oxygen atoms in total. The van der Waals surface area contributed by atoms with E-state index in [2.05, 4.69) is 4.99 Å². The van der Waals surface area contributed by atoms with E-state index in [9.17, 15) is 13.2 Å². The van der Waals surface area contributed by atoms with E-state index in [0.29, 0.717) is 5.75 Å². The maximum Gasteiger partial charge on any atom is 0.164 e. The topological polar surface area (TPSA) is 21.6 Å². The van der Waals surface area contributed by atoms with E-state index >= 15 is 0 Å². The second-order valence-electron chi connectivity index (χ2n) is 5.08. The second-order valence-corrected chi connectivity index (χ2v) is 6.29. The number of nitrogens with zero attached hydrogens (tertiary/aromatic N) is 1. The minimum absolute atomic E-state index is 0.0878. The largest absolute Gasteiger partial charge is 0.372 e. The van der Waals surface area contributed by atoms with E-state index in [-0.39, 0.29) is 18.1 Å². The maximum atomic E-state index is 14.2. The molecule has 0 spiro atoms. The van der Waals surface area contributed by atoms with Crippen LogP contribution in [0, 0.1) is 17.6 Å². The lowest BCUT2D eigenvalue weighted by atomic mass is 9.79. The van der Waals surface area contributed by atoms with Crippen LogP contribution in [0.5, 0.6) is 0 Å². The third-order valence-corrected chi connectivity index (χ3v) is 5.01. The first-order chi connectivity index (χ1) is 9.58. The molecule has 2 aliphatic rings. The SMILES string of the molecule is CC1=NC2(c3cccc(F)c3F)CO[C@H](CF)[C@H]2CS1. The third kappa shape index (κ3) is 1.97. The number of thioether (sulfide) groups is 1. The van der Waals surface area contributed by atoms with Crippen molar-refractivity contribution >= 4 is 16.8 Å². The molecule has 1 aromatic carbocycles. The highest BCUT2D eigenvalue weighted by atomic mass is 32.2. The third-order valence-electron chi connectivity index (χ3n) is 3.98. The molecular formula is C14H14F3NOS. The summed E-state index contributed by atoms with van der Waals surface area (Å²) in [5.41, 5.74) is -0.837. The van der Waals surface area contributed by atoms with Crippen LogP contribution in [0.1, 0.15) is 12.5 Å². The van der Waals surface area contributed by atoms with Crippen molar-refractivity contribution in [3.05, 3.63) is 35.4 Å². The smallest absolute Gasteiger partial charge is 0.164 e. The Hall–Kier alpha value is -1.01. The van der Waals surface area contributed by atoms with Crippen LogP contribution in [-0.2, 0) is 10.3 Å². The molecule has 6 heteroatoms. The van der Waals surface area contributed by atoms with Crippen molar-refractivity contribution in [2.45, 2.75) is 18.6 Å². The van der Waals surface area contributed by atoms with Crippen LogP contribution in [0.4, 0.5) is 13.2 Å². The van der Waals surface area contributed by atoms with Crippen molar-refractivity contribution in [1.82, 2.24) is 0 Å². The van der Waals surface area contributed by atoms with Crippen LogP contribution in [-0.4, -0.2) is 30.2 Å². The van der Waals surface area contributed by atoms with E-state index in [0.717, 1.165) is 11.1 Å². The minimum Gasteiger partial charge on any atom is -0.372 e. The molecule has 2 aliphatic heterocycles. The zero-order chi connectivity index (χ0) is 14.3. The molecule has 0 saturated carbocycles. The van der Waals surface area contributed by atoms with Gasteiger partial charge in [0.1, 0.15) is 12.2 Å². The molecule has 0 aliphatic carbocycles. The van der Waals surface area contributed by atoms with E-state index in [1.165, 1.54) is 23.9 Å². The molecule has 0 amide bonds. The Morgan fingerprint density at radius 2 is 2.25 bits per heavy atom. The summed E-state index contributed by atoms with van der Waals surface area (Å²) in [7, 11) is 0. The van der Waals surface area contributed by atoms with Gasteiger partial charge in [-0.25, -0.2) is 13.2 Å². The molecule has 1 fully saturated rings. The highest BCUT2D eigenvalue weighted by Gasteiger charge is 2.54. The number of ether oxygens (including phenoxy) is 1. The molecule has 1 unspecified atom stereocenters. The van der Waals surface area contributed by atoms with Gasteiger partial charge in [0.05, 0.1) is 17.8 Å². The minimum atomic E-state index is -1.00. The van der Waals surface area contributed by atoms with Crippen LogP contribution >= 0.6 is 11.8 Å². The van der Waals surface area contributed by atoms with Crippen molar-refractivity contribution < 1.29 is 17.9 Å². The van der Waals surface area contributed by atoms with Crippen LogP contribution in [0.15, 0.2) is 23.2 Å². The molecule has 20 heavy (non-hydrogen) atoms. The fourth-order valence-corrected chi connectivity index (χ4v) is 4.12. The average molecular weight is 301 g/mol. The number of alkyl halides is 1. The molecular weight excluding hydrogens is 287 g/mol. The Morgan fingerprint density at radius 1 is 1.45 bits per heavy atom. The van der Waals surface area contributed by atoms with Crippen molar-refractivity contribution in [3.63, 3.8) is 0 Å². The molecule has 2 heterocycles. The maximum absolute atomic E-state index is 14.2. The Bertz CT molecular complexity index is 565. The van der Waals surface area contributed by atoms with Crippen molar-refractivity contribution in [3.8, 4) is 0 Å². The van der Waals surface area contributed by atoms with Gasteiger partial charge in [-0.05, 0) is 13.0 Å². The second kappa shape index (κ2) is 5.07. The lowest BCUT2D eigenvalue weighted by Crippen LogP contribution is -2.41. The predicted octanol–water partition coefficient (Wildman–Crippen LogP) is 3.31. The quantitative estimate of drug-likeness (QED) is 0.836. The van der Waals surface area contributed by atoms with Crippen LogP contribution in [0.3, 0.4) is 0 Å². The normalized spacial score (nSPS) is 32.9. The Labute approximate surface area is 119 Å². The van der Waals surface area contributed by atoms with Gasteiger partial charge in [-0.3, -0.25) is 4.99 Å². The number of aliphatic imine (C=N–C) groups is 1. The summed E-state index contributed by atoms with van der Waals surface area (Å²) in [5, 5.41) is 0.785. The van der Waals surface area contributed by atoms with Gasteiger partial charge in [0, 0.05) is 17.2 Å². The number of hydrogen-bond acceptors (Lipinski definition) is 3. The summed E-state index contributed by atoms with van der Waals surface area (Å²) in [6.45, 7) is 1.27. The summed E-state index contributed by atoms with van der Waals surface area (Å²) < 4.78 is 46.2. The lowest BCUT2D eigenvalue weighted by molar-refractivity contribution is 0.0721. The van der Waals surface area contributed by atoms with Gasteiger partial charge in [-0.15, -0.1) is 11.8 Å². The monoisotopic (exact) mass is 301 g/mol. The fraction of sp³-hybridized carbons (Fsp3) is 0.500. The van der Waals surface area contributed by atoms with Gasteiger partial charge in [0.2, 0.25) is 0 Å². The van der Waals surface area contributed by atoms with E-state index in [4.69, 9.17) is 4.74 Å².